The van der Waals surface area contributed by atoms with Gasteiger partial charge in [0.15, 0.2) is 0 Å². The van der Waals surface area contributed by atoms with Crippen molar-refractivity contribution in [2.45, 2.75) is 26.2 Å². The molecule has 4 nitrogen and oxygen atoms in total. The molecule has 2 fully saturated rings. The molecule has 1 atom stereocenters. The van der Waals surface area contributed by atoms with E-state index in [0.717, 1.165) is 24.7 Å². The summed E-state index contributed by atoms with van der Waals surface area (Å²) in [5, 5.41) is -0.421. The molecule has 1 amide bonds. The van der Waals surface area contributed by atoms with E-state index in [1.165, 1.54) is 18.5 Å². The first-order valence-electron chi connectivity index (χ1n) is 7.89. The van der Waals surface area contributed by atoms with Crippen LogP contribution in [0.15, 0.2) is 24.3 Å². The Hall–Kier alpha value is -1.55. The molecule has 3 rings (SSSR count). The molecule has 0 aromatic heterocycles. The first kappa shape index (κ1) is 15.3. The third-order valence-electron chi connectivity index (χ3n) is 4.76. The van der Waals surface area contributed by atoms with Gasteiger partial charge in [-0.3, -0.25) is 9.59 Å². The fourth-order valence-corrected chi connectivity index (χ4v) is 3.37. The van der Waals surface area contributed by atoms with Gasteiger partial charge < -0.3 is 9.80 Å². The minimum Gasteiger partial charge on any atom is -0.372 e. The van der Waals surface area contributed by atoms with Gasteiger partial charge in [0.05, 0.1) is 5.92 Å². The summed E-state index contributed by atoms with van der Waals surface area (Å²) in [6, 6.07) is 8.06. The highest BCUT2D eigenvalue weighted by molar-refractivity contribution is 6.64. The van der Waals surface area contributed by atoms with Gasteiger partial charge in [0.25, 0.3) is 0 Å². The summed E-state index contributed by atoms with van der Waals surface area (Å²) >= 11 is 5.52. The Bertz CT molecular complexity index is 565. The van der Waals surface area contributed by atoms with Crippen molar-refractivity contribution in [1.29, 1.82) is 0 Å². The summed E-state index contributed by atoms with van der Waals surface area (Å²) < 4.78 is 0. The summed E-state index contributed by atoms with van der Waals surface area (Å²) in [5.41, 5.74) is 2.05. The van der Waals surface area contributed by atoms with Crippen LogP contribution in [0.2, 0.25) is 0 Å². The molecule has 0 spiro atoms. The molecule has 0 N–H and O–H groups in total. The Morgan fingerprint density at radius 2 is 1.73 bits per heavy atom. The number of hydrogen-bond acceptors (Lipinski definition) is 3. The van der Waals surface area contributed by atoms with Crippen LogP contribution in [0.4, 0.5) is 11.4 Å². The van der Waals surface area contributed by atoms with Crippen molar-refractivity contribution >= 4 is 34.1 Å². The lowest BCUT2D eigenvalue weighted by molar-refractivity contribution is -0.120. The highest BCUT2D eigenvalue weighted by atomic mass is 35.5. The minimum atomic E-state index is -0.421. The molecule has 0 radical (unpaired) electrons. The summed E-state index contributed by atoms with van der Waals surface area (Å²) in [4.78, 5) is 27.3. The molecule has 1 aromatic rings. The standard InChI is InChI=1S/C17H21ClN2O2/c1-12-6-8-19(9-7-12)14-2-4-15(5-3-14)20-11-13(17(18)22)10-16(20)21/h2-5,12-13H,6-11H2,1H3/t13-/m1/s1. The first-order chi connectivity index (χ1) is 10.5. The Morgan fingerprint density at radius 1 is 1.14 bits per heavy atom. The van der Waals surface area contributed by atoms with E-state index in [4.69, 9.17) is 11.6 Å². The van der Waals surface area contributed by atoms with E-state index >= 15 is 0 Å². The van der Waals surface area contributed by atoms with Crippen LogP contribution in [-0.2, 0) is 9.59 Å². The van der Waals surface area contributed by atoms with Gasteiger partial charge in [0.2, 0.25) is 11.1 Å². The van der Waals surface area contributed by atoms with Gasteiger partial charge >= 0.3 is 0 Å². The lowest BCUT2D eigenvalue weighted by Gasteiger charge is -2.32. The highest BCUT2D eigenvalue weighted by Crippen LogP contribution is 2.29. The second-order valence-electron chi connectivity index (χ2n) is 6.40. The topological polar surface area (TPSA) is 40.6 Å². The largest absolute Gasteiger partial charge is 0.372 e. The van der Waals surface area contributed by atoms with Crippen molar-refractivity contribution in [2.75, 3.05) is 29.4 Å². The second-order valence-corrected chi connectivity index (χ2v) is 6.77. The SMILES string of the molecule is CC1CCN(c2ccc(N3C[C@H](C(=O)Cl)CC3=O)cc2)CC1. The molecular formula is C17H21ClN2O2. The number of halogens is 1. The van der Waals surface area contributed by atoms with Crippen molar-refractivity contribution in [1.82, 2.24) is 0 Å². The second kappa shape index (κ2) is 6.29. The van der Waals surface area contributed by atoms with E-state index in [9.17, 15) is 9.59 Å². The number of amides is 1. The molecule has 1 aromatic carbocycles. The molecule has 22 heavy (non-hydrogen) atoms. The molecule has 0 saturated carbocycles. The van der Waals surface area contributed by atoms with Crippen LogP contribution in [0.25, 0.3) is 0 Å². The smallest absolute Gasteiger partial charge is 0.227 e. The van der Waals surface area contributed by atoms with E-state index in [0.29, 0.717) is 6.54 Å². The van der Waals surface area contributed by atoms with Crippen molar-refractivity contribution < 1.29 is 9.59 Å². The maximum Gasteiger partial charge on any atom is 0.227 e. The number of carbonyl (C=O) groups excluding carboxylic acids is 2. The molecule has 2 saturated heterocycles. The van der Waals surface area contributed by atoms with Crippen LogP contribution in [0.1, 0.15) is 26.2 Å². The fraction of sp³-hybridized carbons (Fsp3) is 0.529. The van der Waals surface area contributed by atoms with Crippen molar-refractivity contribution in [2.24, 2.45) is 11.8 Å². The lowest BCUT2D eigenvalue weighted by Crippen LogP contribution is -2.32. The maximum absolute atomic E-state index is 12.0. The molecule has 0 bridgehead atoms. The normalized spacial score (nSPS) is 23.2. The predicted octanol–water partition coefficient (Wildman–Crippen LogP) is 3.04. The molecule has 0 unspecified atom stereocenters. The van der Waals surface area contributed by atoms with Crippen LogP contribution in [0, 0.1) is 11.8 Å². The lowest BCUT2D eigenvalue weighted by atomic mass is 9.99. The number of anilines is 2. The van der Waals surface area contributed by atoms with Crippen molar-refractivity contribution in [3.8, 4) is 0 Å². The van der Waals surface area contributed by atoms with Gasteiger partial charge in [-0.1, -0.05) is 6.92 Å². The van der Waals surface area contributed by atoms with E-state index in [1.807, 2.05) is 12.1 Å². The highest BCUT2D eigenvalue weighted by Gasteiger charge is 2.34. The zero-order valence-corrected chi connectivity index (χ0v) is 13.6. The van der Waals surface area contributed by atoms with Crippen LogP contribution in [-0.4, -0.2) is 30.8 Å². The van der Waals surface area contributed by atoms with Gasteiger partial charge in [0, 0.05) is 37.4 Å². The Labute approximate surface area is 136 Å². The predicted molar refractivity (Wildman–Crippen MR) is 88.4 cm³/mol. The van der Waals surface area contributed by atoms with E-state index in [2.05, 4.69) is 24.0 Å². The maximum atomic E-state index is 12.0. The summed E-state index contributed by atoms with van der Waals surface area (Å²) in [7, 11) is 0. The molecule has 0 aliphatic carbocycles. The van der Waals surface area contributed by atoms with Crippen molar-refractivity contribution in [3.05, 3.63) is 24.3 Å². The zero-order valence-electron chi connectivity index (χ0n) is 12.8. The summed E-state index contributed by atoms with van der Waals surface area (Å²) in [6.45, 7) is 4.87. The molecule has 2 aliphatic heterocycles. The Morgan fingerprint density at radius 3 is 2.27 bits per heavy atom. The van der Waals surface area contributed by atoms with Crippen LogP contribution >= 0.6 is 11.6 Å². The number of carbonyl (C=O) groups is 2. The minimum absolute atomic E-state index is 0.0291. The molecular weight excluding hydrogens is 300 g/mol. The number of rotatable bonds is 3. The zero-order chi connectivity index (χ0) is 15.7. The van der Waals surface area contributed by atoms with Gasteiger partial charge in [0.1, 0.15) is 0 Å². The summed E-state index contributed by atoms with van der Waals surface area (Å²) in [6.07, 6.45) is 2.67. The van der Waals surface area contributed by atoms with Gasteiger partial charge in [-0.15, -0.1) is 0 Å². The summed E-state index contributed by atoms with van der Waals surface area (Å²) in [5.74, 6) is 0.402. The molecule has 2 heterocycles. The first-order valence-corrected chi connectivity index (χ1v) is 8.27. The Balaban J connectivity index is 1.69. The number of benzene rings is 1. The average molecular weight is 321 g/mol. The average Bonchev–Trinajstić information content (AvgIpc) is 2.91. The van der Waals surface area contributed by atoms with Crippen LogP contribution in [0.3, 0.4) is 0 Å². The van der Waals surface area contributed by atoms with Crippen molar-refractivity contribution in [3.63, 3.8) is 0 Å². The molecule has 118 valence electrons. The van der Waals surface area contributed by atoms with Gasteiger partial charge in [-0.25, -0.2) is 0 Å². The molecule has 2 aliphatic rings. The fourth-order valence-electron chi connectivity index (χ4n) is 3.22. The number of hydrogen-bond donors (Lipinski definition) is 0. The van der Waals surface area contributed by atoms with Crippen LogP contribution in [0.5, 0.6) is 0 Å². The monoisotopic (exact) mass is 320 g/mol. The third kappa shape index (κ3) is 3.12. The Kier molecular flexibility index (Phi) is 4.39. The van der Waals surface area contributed by atoms with Gasteiger partial charge in [-0.05, 0) is 54.6 Å². The molecule has 5 heteroatoms. The number of nitrogens with zero attached hydrogens (tertiary/aromatic N) is 2. The number of piperidine rings is 1. The van der Waals surface area contributed by atoms with E-state index in [1.54, 1.807) is 4.90 Å². The van der Waals surface area contributed by atoms with Crippen LogP contribution < -0.4 is 9.80 Å². The van der Waals surface area contributed by atoms with E-state index in [-0.39, 0.29) is 18.2 Å². The van der Waals surface area contributed by atoms with E-state index < -0.39 is 5.24 Å². The quantitative estimate of drug-likeness (QED) is 0.804. The third-order valence-corrected chi connectivity index (χ3v) is 5.06. The van der Waals surface area contributed by atoms with Gasteiger partial charge in [-0.2, -0.15) is 0 Å².